The van der Waals surface area contributed by atoms with Crippen molar-refractivity contribution in [3.8, 4) is 5.75 Å². The van der Waals surface area contributed by atoms with Crippen LogP contribution in [0.5, 0.6) is 5.75 Å². The molecule has 1 fully saturated rings. The Bertz CT molecular complexity index is 423. The molecule has 19 heavy (non-hydrogen) atoms. The van der Waals surface area contributed by atoms with Gasteiger partial charge in [0, 0.05) is 19.6 Å². The van der Waals surface area contributed by atoms with Crippen LogP contribution in [0.3, 0.4) is 0 Å². The number of methoxy groups -OCH3 is 1. The smallest absolute Gasteiger partial charge is 0.165 e. The number of halogens is 1. The summed E-state index contributed by atoms with van der Waals surface area (Å²) in [5, 5.41) is 0. The molecule has 0 heterocycles. The number of nitrogens with two attached hydrogens (primary N) is 1. The third-order valence-electron chi connectivity index (χ3n) is 3.69. The van der Waals surface area contributed by atoms with Gasteiger partial charge < -0.3 is 15.2 Å². The number of hydrogen-bond donors (Lipinski definition) is 1. The van der Waals surface area contributed by atoms with Gasteiger partial charge in [0.1, 0.15) is 6.10 Å². The lowest BCUT2D eigenvalue weighted by Crippen LogP contribution is -2.29. The average Bonchev–Trinajstić information content (AvgIpc) is 2.41. The molecule has 1 saturated carbocycles. The van der Waals surface area contributed by atoms with Crippen LogP contribution in [0, 0.1) is 5.82 Å². The first-order valence-electron chi connectivity index (χ1n) is 6.84. The molecule has 106 valence electrons. The molecule has 0 bridgehead atoms. The van der Waals surface area contributed by atoms with E-state index < -0.39 is 0 Å². The molecule has 0 aliphatic heterocycles. The van der Waals surface area contributed by atoms with E-state index in [2.05, 4.69) is 0 Å². The molecule has 4 heteroatoms. The molecule has 2 N–H and O–H groups in total. The third-order valence-corrected chi connectivity index (χ3v) is 3.69. The minimum atomic E-state index is -0.339. The van der Waals surface area contributed by atoms with Gasteiger partial charge in [-0.25, -0.2) is 4.39 Å². The second-order valence-electron chi connectivity index (χ2n) is 5.24. The summed E-state index contributed by atoms with van der Waals surface area (Å²) in [6, 6.07) is 4.77. The third kappa shape index (κ3) is 3.67. The number of rotatable bonds is 4. The highest BCUT2D eigenvalue weighted by atomic mass is 19.1. The van der Waals surface area contributed by atoms with Gasteiger partial charge in [-0.05, 0) is 43.9 Å². The molecule has 0 saturated heterocycles. The lowest BCUT2D eigenvalue weighted by Gasteiger charge is -2.28. The van der Waals surface area contributed by atoms with Gasteiger partial charge in [0.2, 0.25) is 0 Å². The Morgan fingerprint density at radius 3 is 2.68 bits per heavy atom. The normalized spacial score (nSPS) is 25.1. The van der Waals surface area contributed by atoms with Gasteiger partial charge >= 0.3 is 0 Å². The van der Waals surface area contributed by atoms with Gasteiger partial charge in [-0.3, -0.25) is 0 Å². The van der Waals surface area contributed by atoms with Crippen LogP contribution < -0.4 is 10.5 Å². The van der Waals surface area contributed by atoms with E-state index in [1.165, 1.54) is 6.07 Å². The van der Waals surface area contributed by atoms with Crippen LogP contribution in [-0.2, 0) is 4.74 Å². The molecule has 2 rings (SSSR count). The van der Waals surface area contributed by atoms with Crippen molar-refractivity contribution < 1.29 is 13.9 Å². The van der Waals surface area contributed by atoms with Crippen LogP contribution in [0.1, 0.15) is 44.2 Å². The molecule has 1 aromatic rings. The molecule has 3 atom stereocenters. The van der Waals surface area contributed by atoms with E-state index in [1.54, 1.807) is 13.2 Å². The number of ether oxygens (including phenoxy) is 2. The van der Waals surface area contributed by atoms with Gasteiger partial charge in [-0.2, -0.15) is 0 Å². The molecule has 0 aromatic heterocycles. The highest BCUT2D eigenvalue weighted by Gasteiger charge is 2.24. The predicted octanol–water partition coefficient (Wildman–Crippen LogP) is 3.18. The van der Waals surface area contributed by atoms with Crippen molar-refractivity contribution in [2.24, 2.45) is 5.73 Å². The molecule has 1 aliphatic carbocycles. The van der Waals surface area contributed by atoms with E-state index in [9.17, 15) is 4.39 Å². The molecule has 0 spiro atoms. The van der Waals surface area contributed by atoms with Crippen LogP contribution in [0.15, 0.2) is 18.2 Å². The first kappa shape index (κ1) is 14.3. The zero-order valence-corrected chi connectivity index (χ0v) is 11.6. The van der Waals surface area contributed by atoms with E-state index in [0.717, 1.165) is 31.2 Å². The van der Waals surface area contributed by atoms with Gasteiger partial charge in [-0.1, -0.05) is 6.07 Å². The van der Waals surface area contributed by atoms with Crippen LogP contribution in [-0.4, -0.2) is 19.3 Å². The standard InChI is InChI=1S/C15H22FNO2/c1-10(17)11-6-7-15(14(16)8-11)19-13-5-3-4-12(9-13)18-2/h6-8,10,12-13H,3-5,9,17H2,1-2H3. The summed E-state index contributed by atoms with van der Waals surface area (Å²) in [7, 11) is 1.71. The van der Waals surface area contributed by atoms with E-state index in [0.29, 0.717) is 5.75 Å². The van der Waals surface area contributed by atoms with E-state index in [-0.39, 0.29) is 24.1 Å². The molecule has 3 unspecified atom stereocenters. The zero-order valence-electron chi connectivity index (χ0n) is 11.6. The van der Waals surface area contributed by atoms with Gasteiger partial charge in [-0.15, -0.1) is 0 Å². The minimum absolute atomic E-state index is 0.0364. The Balaban J connectivity index is 2.02. The summed E-state index contributed by atoms with van der Waals surface area (Å²) < 4.78 is 25.0. The van der Waals surface area contributed by atoms with Crippen molar-refractivity contribution in [1.82, 2.24) is 0 Å². The largest absolute Gasteiger partial charge is 0.487 e. The Labute approximate surface area is 113 Å². The SMILES string of the molecule is COC1CCCC(Oc2ccc(C(C)N)cc2F)C1. The van der Waals surface area contributed by atoms with E-state index in [1.807, 2.05) is 13.0 Å². The summed E-state index contributed by atoms with van der Waals surface area (Å²) in [5.41, 5.74) is 6.51. The van der Waals surface area contributed by atoms with Crippen LogP contribution >= 0.6 is 0 Å². The molecule has 0 amide bonds. The molecule has 1 aliphatic rings. The molecule has 1 aromatic carbocycles. The van der Waals surface area contributed by atoms with Gasteiger partial charge in [0.05, 0.1) is 6.10 Å². The van der Waals surface area contributed by atoms with Crippen molar-refractivity contribution in [3.63, 3.8) is 0 Å². The lowest BCUT2D eigenvalue weighted by molar-refractivity contribution is 0.0197. The maximum absolute atomic E-state index is 13.9. The number of benzene rings is 1. The Morgan fingerprint density at radius 2 is 2.05 bits per heavy atom. The van der Waals surface area contributed by atoms with Gasteiger partial charge in [0.15, 0.2) is 11.6 Å². The highest BCUT2D eigenvalue weighted by Crippen LogP contribution is 2.28. The highest BCUT2D eigenvalue weighted by molar-refractivity contribution is 5.31. The van der Waals surface area contributed by atoms with Crippen molar-refractivity contribution >= 4 is 0 Å². The van der Waals surface area contributed by atoms with Crippen molar-refractivity contribution in [2.45, 2.75) is 50.9 Å². The Hall–Kier alpha value is -1.13. The molecule has 0 radical (unpaired) electrons. The summed E-state index contributed by atoms with van der Waals surface area (Å²) in [5.74, 6) is -0.0273. The lowest BCUT2D eigenvalue weighted by atomic mass is 9.95. The van der Waals surface area contributed by atoms with Crippen LogP contribution in [0.2, 0.25) is 0 Å². The quantitative estimate of drug-likeness (QED) is 0.911. The fraction of sp³-hybridized carbons (Fsp3) is 0.600. The van der Waals surface area contributed by atoms with E-state index >= 15 is 0 Å². The minimum Gasteiger partial charge on any atom is -0.487 e. The average molecular weight is 267 g/mol. The second-order valence-corrected chi connectivity index (χ2v) is 5.24. The Morgan fingerprint density at radius 1 is 1.32 bits per heavy atom. The fourth-order valence-corrected chi connectivity index (χ4v) is 2.50. The molecule has 3 nitrogen and oxygen atoms in total. The van der Waals surface area contributed by atoms with Crippen molar-refractivity contribution in [3.05, 3.63) is 29.6 Å². The summed E-state index contributed by atoms with van der Waals surface area (Å²) in [6.45, 7) is 1.83. The topological polar surface area (TPSA) is 44.5 Å². The van der Waals surface area contributed by atoms with Gasteiger partial charge in [0.25, 0.3) is 0 Å². The van der Waals surface area contributed by atoms with E-state index in [4.69, 9.17) is 15.2 Å². The Kier molecular flexibility index (Phi) is 4.77. The molecular weight excluding hydrogens is 245 g/mol. The maximum atomic E-state index is 13.9. The predicted molar refractivity (Wildman–Crippen MR) is 72.7 cm³/mol. The summed E-state index contributed by atoms with van der Waals surface area (Å²) >= 11 is 0. The van der Waals surface area contributed by atoms with Crippen molar-refractivity contribution in [2.75, 3.05) is 7.11 Å². The molecular formula is C15H22FNO2. The van der Waals surface area contributed by atoms with Crippen molar-refractivity contribution in [1.29, 1.82) is 0 Å². The fourth-order valence-electron chi connectivity index (χ4n) is 2.50. The maximum Gasteiger partial charge on any atom is 0.165 e. The van der Waals surface area contributed by atoms with Crippen LogP contribution in [0.4, 0.5) is 4.39 Å². The summed E-state index contributed by atoms with van der Waals surface area (Å²) in [6.07, 6.45) is 4.16. The first-order valence-corrected chi connectivity index (χ1v) is 6.84. The monoisotopic (exact) mass is 267 g/mol. The zero-order chi connectivity index (χ0) is 13.8. The number of hydrogen-bond acceptors (Lipinski definition) is 3. The second kappa shape index (κ2) is 6.35. The summed E-state index contributed by atoms with van der Waals surface area (Å²) in [4.78, 5) is 0. The van der Waals surface area contributed by atoms with Crippen LogP contribution in [0.25, 0.3) is 0 Å². The first-order chi connectivity index (χ1) is 9.10.